The van der Waals surface area contributed by atoms with Gasteiger partial charge in [0.15, 0.2) is 0 Å². The largest absolute Gasteiger partial charge is 0.326 e. The highest BCUT2D eigenvalue weighted by Gasteiger charge is 2.48. The lowest BCUT2D eigenvalue weighted by Crippen LogP contribution is -2.64. The Hall–Kier alpha value is -3.99. The first kappa shape index (κ1) is 20.7. The Kier molecular flexibility index (Phi) is 5.39. The van der Waals surface area contributed by atoms with Crippen LogP contribution in [0.5, 0.6) is 0 Å². The molecule has 0 aliphatic carbocycles. The summed E-state index contributed by atoms with van der Waals surface area (Å²) < 4.78 is 0. The molecule has 0 saturated carbocycles. The number of piperazine rings is 1. The van der Waals surface area contributed by atoms with Crippen LogP contribution >= 0.6 is 0 Å². The number of hydrogen-bond donors (Lipinski definition) is 0. The van der Waals surface area contributed by atoms with Gasteiger partial charge in [0.25, 0.3) is 17.5 Å². The lowest BCUT2D eigenvalue weighted by atomic mass is 9.87. The van der Waals surface area contributed by atoms with Gasteiger partial charge in [-0.3, -0.25) is 19.7 Å². The minimum Gasteiger partial charge on any atom is -0.326 e. The first-order valence-electron chi connectivity index (χ1n) is 9.20. The molecule has 8 nitrogen and oxygen atoms in total. The highest BCUT2D eigenvalue weighted by atomic mass is 16.6. The van der Waals surface area contributed by atoms with E-state index in [1.54, 1.807) is 6.92 Å². The summed E-state index contributed by atoms with van der Waals surface area (Å²) in [4.78, 5) is 39.8. The zero-order valence-electron chi connectivity index (χ0n) is 16.8. The molecule has 1 atom stereocenters. The van der Waals surface area contributed by atoms with Crippen LogP contribution < -0.4 is 0 Å². The average Bonchev–Trinajstić information content (AvgIpc) is 2.74. The van der Waals surface area contributed by atoms with Gasteiger partial charge in [0, 0.05) is 26.6 Å². The van der Waals surface area contributed by atoms with E-state index in [4.69, 9.17) is 0 Å². The van der Waals surface area contributed by atoms with Crippen molar-refractivity contribution < 1.29 is 14.5 Å². The van der Waals surface area contributed by atoms with Crippen molar-refractivity contribution in [3.8, 4) is 6.07 Å². The predicted octanol–water partition coefficient (Wildman–Crippen LogP) is 2.74. The molecule has 0 radical (unpaired) electrons. The summed E-state index contributed by atoms with van der Waals surface area (Å²) in [7, 11) is 3.00. The van der Waals surface area contributed by atoms with Gasteiger partial charge >= 0.3 is 0 Å². The van der Waals surface area contributed by atoms with Crippen molar-refractivity contribution in [2.24, 2.45) is 0 Å². The average molecular weight is 404 g/mol. The van der Waals surface area contributed by atoms with Crippen molar-refractivity contribution in [3.63, 3.8) is 0 Å². The molecule has 152 valence electrons. The van der Waals surface area contributed by atoms with Crippen molar-refractivity contribution in [2.45, 2.75) is 18.9 Å². The molecule has 1 saturated heterocycles. The van der Waals surface area contributed by atoms with Crippen LogP contribution in [0.25, 0.3) is 6.08 Å². The van der Waals surface area contributed by atoms with Crippen molar-refractivity contribution >= 4 is 23.6 Å². The van der Waals surface area contributed by atoms with Crippen LogP contribution in [0.15, 0.2) is 54.2 Å². The van der Waals surface area contributed by atoms with Crippen LogP contribution in [0.3, 0.4) is 0 Å². The standard InChI is InChI=1S/C22H20N4O4/c1-22(13-15-8-5-4-6-9-15)21(28)24(2)19(20(27)25(22)3)12-17-16(14-23)10-7-11-18(17)26(29)30/h4-12H,13H2,1-3H3/b19-12-. The summed E-state index contributed by atoms with van der Waals surface area (Å²) in [5.41, 5.74) is -0.516. The number of nitriles is 1. The molecule has 0 aromatic heterocycles. The number of nitro groups is 1. The molecule has 0 bridgehead atoms. The summed E-state index contributed by atoms with van der Waals surface area (Å²) in [5.74, 6) is -0.783. The monoisotopic (exact) mass is 404 g/mol. The molecule has 3 rings (SSSR count). The van der Waals surface area contributed by atoms with Gasteiger partial charge in [-0.2, -0.15) is 5.26 Å². The predicted molar refractivity (Wildman–Crippen MR) is 110 cm³/mol. The summed E-state index contributed by atoms with van der Waals surface area (Å²) in [6.07, 6.45) is 1.57. The number of carbonyl (C=O) groups excluding carboxylic acids is 2. The van der Waals surface area contributed by atoms with Crippen LogP contribution in [-0.4, -0.2) is 46.2 Å². The molecule has 30 heavy (non-hydrogen) atoms. The highest BCUT2D eigenvalue weighted by molar-refractivity contribution is 6.09. The van der Waals surface area contributed by atoms with E-state index in [1.807, 2.05) is 36.4 Å². The highest BCUT2D eigenvalue weighted by Crippen LogP contribution is 2.33. The minimum atomic E-state index is -1.12. The van der Waals surface area contributed by atoms with Gasteiger partial charge in [0.05, 0.1) is 16.1 Å². The Morgan fingerprint density at radius 3 is 2.40 bits per heavy atom. The van der Waals surface area contributed by atoms with E-state index in [1.165, 1.54) is 48.2 Å². The second kappa shape index (κ2) is 7.79. The topological polar surface area (TPSA) is 108 Å². The smallest absolute Gasteiger partial charge is 0.278 e. The molecule has 8 heteroatoms. The second-order valence-corrected chi connectivity index (χ2v) is 7.30. The first-order chi connectivity index (χ1) is 14.2. The molecule has 1 aliphatic heterocycles. The van der Waals surface area contributed by atoms with E-state index in [0.29, 0.717) is 6.42 Å². The fourth-order valence-electron chi connectivity index (χ4n) is 3.60. The maximum absolute atomic E-state index is 13.3. The number of carbonyl (C=O) groups is 2. The Morgan fingerprint density at radius 1 is 1.13 bits per heavy atom. The molecular weight excluding hydrogens is 384 g/mol. The number of benzene rings is 2. The van der Waals surface area contributed by atoms with E-state index >= 15 is 0 Å². The second-order valence-electron chi connectivity index (χ2n) is 7.30. The van der Waals surface area contributed by atoms with Gasteiger partial charge in [-0.05, 0) is 24.6 Å². The first-order valence-corrected chi connectivity index (χ1v) is 9.20. The molecule has 0 spiro atoms. The molecular formula is C22H20N4O4. The van der Waals surface area contributed by atoms with Crippen molar-refractivity contribution in [2.75, 3.05) is 14.1 Å². The van der Waals surface area contributed by atoms with Gasteiger partial charge < -0.3 is 9.80 Å². The van der Waals surface area contributed by atoms with Crippen molar-refractivity contribution in [1.29, 1.82) is 5.26 Å². The third kappa shape index (κ3) is 3.42. The van der Waals surface area contributed by atoms with Gasteiger partial charge in [0.2, 0.25) is 0 Å². The fourth-order valence-corrected chi connectivity index (χ4v) is 3.60. The molecule has 2 amide bonds. The number of amides is 2. The Labute approximate surface area is 173 Å². The molecule has 2 aromatic rings. The van der Waals surface area contributed by atoms with Crippen molar-refractivity contribution in [3.05, 3.63) is 81.0 Å². The van der Waals surface area contributed by atoms with E-state index in [0.717, 1.165) is 5.56 Å². The molecule has 0 N–H and O–H groups in total. The molecule has 2 aromatic carbocycles. The van der Waals surface area contributed by atoms with Crippen LogP contribution in [0.1, 0.15) is 23.6 Å². The van der Waals surface area contributed by atoms with E-state index in [9.17, 15) is 25.0 Å². The van der Waals surface area contributed by atoms with Gasteiger partial charge in [0.1, 0.15) is 17.3 Å². The molecule has 1 aliphatic rings. The summed E-state index contributed by atoms with van der Waals surface area (Å²) in [6, 6.07) is 15.4. The maximum Gasteiger partial charge on any atom is 0.278 e. The molecule has 1 unspecified atom stereocenters. The summed E-state index contributed by atoms with van der Waals surface area (Å²) in [6.45, 7) is 1.69. The van der Waals surface area contributed by atoms with Gasteiger partial charge in [-0.25, -0.2) is 0 Å². The fraction of sp³-hybridized carbons (Fsp3) is 0.227. The van der Waals surface area contributed by atoms with Crippen molar-refractivity contribution in [1.82, 2.24) is 9.80 Å². The maximum atomic E-state index is 13.3. The quantitative estimate of drug-likeness (QED) is 0.442. The zero-order valence-corrected chi connectivity index (χ0v) is 16.8. The SMILES string of the molecule is CN1C(=O)C(C)(Cc2ccccc2)N(C)C(=O)/C1=C/c1c(C#N)cccc1[N+](=O)[O-]. The van der Waals surface area contributed by atoms with E-state index < -0.39 is 16.4 Å². The normalized spacial score (nSPS) is 20.4. The van der Waals surface area contributed by atoms with Crippen LogP contribution in [0, 0.1) is 21.4 Å². The summed E-state index contributed by atoms with van der Waals surface area (Å²) >= 11 is 0. The van der Waals surface area contributed by atoms with Gasteiger partial charge in [-0.1, -0.05) is 36.4 Å². The summed E-state index contributed by atoms with van der Waals surface area (Å²) in [5, 5.41) is 20.8. The number of nitrogens with zero attached hydrogens (tertiary/aromatic N) is 4. The molecule has 1 heterocycles. The Bertz CT molecular complexity index is 1100. The minimum absolute atomic E-state index is 0.00642. The Morgan fingerprint density at radius 2 is 1.80 bits per heavy atom. The molecule has 1 fully saturated rings. The third-order valence-corrected chi connectivity index (χ3v) is 5.46. The lowest BCUT2D eigenvalue weighted by molar-refractivity contribution is -0.385. The van der Waals surface area contributed by atoms with Crippen LogP contribution in [-0.2, 0) is 16.0 Å². The number of hydrogen-bond acceptors (Lipinski definition) is 5. The number of nitro benzene ring substituents is 1. The zero-order chi connectivity index (χ0) is 22.1. The van der Waals surface area contributed by atoms with Crippen LogP contribution in [0.4, 0.5) is 5.69 Å². The van der Waals surface area contributed by atoms with E-state index in [2.05, 4.69) is 0 Å². The number of rotatable bonds is 4. The Balaban J connectivity index is 2.08. The van der Waals surface area contributed by atoms with Crippen LogP contribution in [0.2, 0.25) is 0 Å². The van der Waals surface area contributed by atoms with Gasteiger partial charge in [-0.15, -0.1) is 0 Å². The van der Waals surface area contributed by atoms with E-state index in [-0.39, 0.29) is 28.4 Å². The third-order valence-electron chi connectivity index (χ3n) is 5.46. The lowest BCUT2D eigenvalue weighted by Gasteiger charge is -2.45. The number of likely N-dealkylation sites (N-methyl/N-ethyl adjacent to an activating group) is 2.